The molecule has 0 aromatic rings. The number of ether oxygens (including phenoxy) is 1. The van der Waals surface area contributed by atoms with Gasteiger partial charge in [0, 0.05) is 31.8 Å². The van der Waals surface area contributed by atoms with Gasteiger partial charge in [-0.15, -0.1) is 0 Å². The summed E-state index contributed by atoms with van der Waals surface area (Å²) in [5.74, 6) is 0.804. The fourth-order valence-corrected chi connectivity index (χ4v) is 3.99. The van der Waals surface area contributed by atoms with Crippen LogP contribution in [0.3, 0.4) is 0 Å². The molecule has 3 heteroatoms. The zero-order valence-corrected chi connectivity index (χ0v) is 12.5. The van der Waals surface area contributed by atoms with Crippen molar-refractivity contribution in [3.05, 3.63) is 0 Å². The topological polar surface area (TPSA) is 24.5 Å². The molecule has 0 bridgehead atoms. The summed E-state index contributed by atoms with van der Waals surface area (Å²) in [6.07, 6.45) is 5.13. The number of nitrogens with zero attached hydrogens (tertiary/aromatic N) is 1. The van der Waals surface area contributed by atoms with E-state index >= 15 is 0 Å². The van der Waals surface area contributed by atoms with Crippen molar-refractivity contribution in [3.8, 4) is 0 Å². The van der Waals surface area contributed by atoms with Gasteiger partial charge in [0.2, 0.25) is 0 Å². The molecular weight excluding hydrogens is 224 g/mol. The van der Waals surface area contributed by atoms with Gasteiger partial charge >= 0.3 is 0 Å². The summed E-state index contributed by atoms with van der Waals surface area (Å²) in [5, 5.41) is 3.56. The van der Waals surface area contributed by atoms with Gasteiger partial charge in [-0.1, -0.05) is 13.8 Å². The minimum Gasteiger partial charge on any atom is -0.381 e. The van der Waals surface area contributed by atoms with Crippen LogP contribution in [0.2, 0.25) is 0 Å². The molecule has 0 radical (unpaired) electrons. The molecule has 1 saturated carbocycles. The van der Waals surface area contributed by atoms with Gasteiger partial charge in [-0.2, -0.15) is 0 Å². The van der Waals surface area contributed by atoms with Crippen LogP contribution in [0.25, 0.3) is 0 Å². The van der Waals surface area contributed by atoms with E-state index in [1.165, 1.54) is 32.2 Å². The number of hydrogen-bond donors (Lipinski definition) is 1. The minimum atomic E-state index is 0.454. The highest BCUT2D eigenvalue weighted by Gasteiger charge is 2.41. The molecule has 0 spiro atoms. The predicted molar refractivity (Wildman–Crippen MR) is 75.8 cm³/mol. The Balaban J connectivity index is 1.88. The zero-order valence-electron chi connectivity index (χ0n) is 12.5. The van der Waals surface area contributed by atoms with Crippen LogP contribution < -0.4 is 5.32 Å². The molecule has 2 fully saturated rings. The van der Waals surface area contributed by atoms with Crippen LogP contribution in [0.5, 0.6) is 0 Å². The Labute approximate surface area is 112 Å². The Morgan fingerprint density at radius 3 is 2.50 bits per heavy atom. The van der Waals surface area contributed by atoms with Crippen LogP contribution in [-0.2, 0) is 4.74 Å². The maximum Gasteiger partial charge on any atom is 0.0480 e. The highest BCUT2D eigenvalue weighted by atomic mass is 16.5. The van der Waals surface area contributed by atoms with Crippen molar-refractivity contribution in [2.75, 3.05) is 33.9 Å². The monoisotopic (exact) mass is 254 g/mol. The van der Waals surface area contributed by atoms with E-state index in [1.807, 2.05) is 0 Å². The number of rotatable bonds is 4. The standard InChI is InChI=1S/C15H30N2O/c1-15(2)8-5-12(14(15)16-3)11-17(4)13-6-9-18-10-7-13/h12-14,16H,5-11H2,1-4H3. The van der Waals surface area contributed by atoms with Crippen LogP contribution in [0.15, 0.2) is 0 Å². The quantitative estimate of drug-likeness (QED) is 0.832. The molecule has 1 saturated heterocycles. The number of hydrogen-bond acceptors (Lipinski definition) is 3. The highest BCUT2D eigenvalue weighted by Crippen LogP contribution is 2.41. The highest BCUT2D eigenvalue weighted by molar-refractivity contribution is 4.96. The second-order valence-electron chi connectivity index (χ2n) is 6.84. The molecule has 2 aliphatic rings. The average molecular weight is 254 g/mol. The maximum absolute atomic E-state index is 5.46. The molecule has 3 nitrogen and oxygen atoms in total. The Morgan fingerprint density at radius 1 is 1.22 bits per heavy atom. The molecule has 1 N–H and O–H groups in total. The van der Waals surface area contributed by atoms with Crippen molar-refractivity contribution >= 4 is 0 Å². The Morgan fingerprint density at radius 2 is 1.89 bits per heavy atom. The second-order valence-corrected chi connectivity index (χ2v) is 6.84. The molecule has 0 aromatic heterocycles. The van der Waals surface area contributed by atoms with E-state index < -0.39 is 0 Å². The van der Waals surface area contributed by atoms with E-state index in [4.69, 9.17) is 4.74 Å². The van der Waals surface area contributed by atoms with Gasteiger partial charge in [0.1, 0.15) is 0 Å². The Kier molecular flexibility index (Phi) is 4.68. The fourth-order valence-electron chi connectivity index (χ4n) is 3.99. The first-order chi connectivity index (χ1) is 8.54. The van der Waals surface area contributed by atoms with Crippen molar-refractivity contribution in [1.82, 2.24) is 10.2 Å². The van der Waals surface area contributed by atoms with E-state index in [2.05, 4.69) is 38.2 Å². The van der Waals surface area contributed by atoms with Gasteiger partial charge in [0.15, 0.2) is 0 Å². The van der Waals surface area contributed by atoms with Crippen molar-refractivity contribution in [3.63, 3.8) is 0 Å². The maximum atomic E-state index is 5.46. The molecule has 1 aliphatic heterocycles. The smallest absolute Gasteiger partial charge is 0.0480 e. The molecule has 106 valence electrons. The SMILES string of the molecule is CNC1C(CN(C)C2CCOCC2)CCC1(C)C. The second kappa shape index (κ2) is 5.89. The van der Waals surface area contributed by atoms with Crippen LogP contribution in [0.1, 0.15) is 39.5 Å². The normalized spacial score (nSPS) is 33.2. The summed E-state index contributed by atoms with van der Waals surface area (Å²) in [7, 11) is 4.42. The fraction of sp³-hybridized carbons (Fsp3) is 1.00. The van der Waals surface area contributed by atoms with Gasteiger partial charge < -0.3 is 15.0 Å². The van der Waals surface area contributed by atoms with Gasteiger partial charge in [0.05, 0.1) is 0 Å². The lowest BCUT2D eigenvalue weighted by Crippen LogP contribution is -2.46. The van der Waals surface area contributed by atoms with Crippen LogP contribution in [0.4, 0.5) is 0 Å². The number of nitrogens with one attached hydrogen (secondary N) is 1. The zero-order chi connectivity index (χ0) is 13.2. The van der Waals surface area contributed by atoms with E-state index in [0.29, 0.717) is 11.5 Å². The lowest BCUT2D eigenvalue weighted by Gasteiger charge is -2.36. The third-order valence-electron chi connectivity index (χ3n) is 5.12. The molecule has 2 unspecified atom stereocenters. The lowest BCUT2D eigenvalue weighted by atomic mass is 9.84. The minimum absolute atomic E-state index is 0.454. The molecule has 0 aromatic carbocycles. The first-order valence-corrected chi connectivity index (χ1v) is 7.50. The lowest BCUT2D eigenvalue weighted by molar-refractivity contribution is 0.0362. The first-order valence-electron chi connectivity index (χ1n) is 7.50. The summed E-state index contributed by atoms with van der Waals surface area (Å²) in [6, 6.07) is 1.40. The molecule has 0 amide bonds. The van der Waals surface area contributed by atoms with Crippen LogP contribution in [0, 0.1) is 11.3 Å². The summed E-state index contributed by atoms with van der Waals surface area (Å²) in [4.78, 5) is 2.58. The van der Waals surface area contributed by atoms with Crippen molar-refractivity contribution < 1.29 is 4.74 Å². The van der Waals surface area contributed by atoms with Crippen molar-refractivity contribution in [2.45, 2.75) is 51.6 Å². The largest absolute Gasteiger partial charge is 0.381 e. The van der Waals surface area contributed by atoms with E-state index in [-0.39, 0.29) is 0 Å². The molecule has 18 heavy (non-hydrogen) atoms. The summed E-state index contributed by atoms with van der Waals surface area (Å²) < 4.78 is 5.46. The Bertz CT molecular complexity index is 261. The molecule has 1 aliphatic carbocycles. The van der Waals surface area contributed by atoms with E-state index in [0.717, 1.165) is 25.2 Å². The molecule has 2 rings (SSSR count). The van der Waals surface area contributed by atoms with Crippen LogP contribution in [-0.4, -0.2) is 50.8 Å². The van der Waals surface area contributed by atoms with E-state index in [1.54, 1.807) is 0 Å². The summed E-state index contributed by atoms with van der Waals surface area (Å²) in [5.41, 5.74) is 0.454. The first kappa shape index (κ1) is 14.3. The molecular formula is C15H30N2O. The van der Waals surface area contributed by atoms with Crippen molar-refractivity contribution in [1.29, 1.82) is 0 Å². The summed E-state index contributed by atoms with van der Waals surface area (Å²) in [6.45, 7) is 7.94. The predicted octanol–water partition coefficient (Wildman–Crippen LogP) is 2.12. The van der Waals surface area contributed by atoms with Crippen LogP contribution >= 0.6 is 0 Å². The van der Waals surface area contributed by atoms with Crippen molar-refractivity contribution in [2.24, 2.45) is 11.3 Å². The molecule has 2 atom stereocenters. The van der Waals surface area contributed by atoms with Gasteiger partial charge in [-0.05, 0) is 51.1 Å². The third kappa shape index (κ3) is 3.06. The Hall–Kier alpha value is -0.120. The van der Waals surface area contributed by atoms with Gasteiger partial charge in [0.25, 0.3) is 0 Å². The molecule has 1 heterocycles. The van der Waals surface area contributed by atoms with Gasteiger partial charge in [-0.3, -0.25) is 0 Å². The van der Waals surface area contributed by atoms with Gasteiger partial charge in [-0.25, -0.2) is 0 Å². The van der Waals surface area contributed by atoms with E-state index in [9.17, 15) is 0 Å². The third-order valence-corrected chi connectivity index (χ3v) is 5.12. The summed E-state index contributed by atoms with van der Waals surface area (Å²) >= 11 is 0. The average Bonchev–Trinajstić information content (AvgIpc) is 2.65.